The maximum Gasteiger partial charge on any atom is 0.211 e. The van der Waals surface area contributed by atoms with Gasteiger partial charge >= 0.3 is 0 Å². The van der Waals surface area contributed by atoms with Crippen LogP contribution in [-0.4, -0.2) is 14.2 Å². The van der Waals surface area contributed by atoms with Gasteiger partial charge in [-0.15, -0.1) is 0 Å². The van der Waals surface area contributed by atoms with Gasteiger partial charge in [-0.05, 0) is 23.1 Å². The maximum absolute atomic E-state index is 11.8. The first kappa shape index (κ1) is 18.6. The minimum absolute atomic E-state index is 0.189. The van der Waals surface area contributed by atoms with Gasteiger partial charge in [0.1, 0.15) is 0 Å². The van der Waals surface area contributed by atoms with Gasteiger partial charge in [0.15, 0.2) is 0 Å². The summed E-state index contributed by atoms with van der Waals surface area (Å²) in [7, 11) is -3.17. The molecule has 0 fully saturated rings. The van der Waals surface area contributed by atoms with Crippen molar-refractivity contribution in [2.45, 2.75) is 39.5 Å². The zero-order valence-electron chi connectivity index (χ0n) is 14.1. The lowest BCUT2D eigenvalue weighted by Crippen LogP contribution is -2.25. The number of unbranched alkanes of at least 4 members (excludes halogenated alkanes) is 1. The van der Waals surface area contributed by atoms with Gasteiger partial charge in [0.2, 0.25) is 10.0 Å². The maximum atomic E-state index is 11.8. The lowest BCUT2D eigenvalue weighted by molar-refractivity contribution is 0.107. The summed E-state index contributed by atoms with van der Waals surface area (Å²) in [6.07, 6.45) is 1.56. The average Bonchev–Trinajstić information content (AvgIpc) is 2.60. The Labute approximate surface area is 144 Å². The number of ether oxygens (including phenoxy) is 1. The highest BCUT2D eigenvalue weighted by molar-refractivity contribution is 7.89. The molecule has 0 aromatic heterocycles. The molecular formula is C19H25NO3S. The van der Waals surface area contributed by atoms with Crippen molar-refractivity contribution < 1.29 is 13.2 Å². The molecule has 0 bridgehead atoms. The summed E-state index contributed by atoms with van der Waals surface area (Å²) in [5.41, 5.74) is 3.17. The van der Waals surface area contributed by atoms with Gasteiger partial charge in [0, 0.05) is 6.54 Å². The van der Waals surface area contributed by atoms with E-state index in [9.17, 15) is 8.42 Å². The van der Waals surface area contributed by atoms with E-state index < -0.39 is 10.0 Å². The number of nitrogens with one attached hydrogen (secondary N) is 1. The van der Waals surface area contributed by atoms with Gasteiger partial charge in [-0.1, -0.05) is 67.9 Å². The summed E-state index contributed by atoms with van der Waals surface area (Å²) in [5, 5.41) is 0. The average molecular weight is 347 g/mol. The van der Waals surface area contributed by atoms with Crippen LogP contribution in [0.1, 0.15) is 36.5 Å². The van der Waals surface area contributed by atoms with E-state index in [1.807, 2.05) is 61.5 Å². The topological polar surface area (TPSA) is 55.4 Å². The van der Waals surface area contributed by atoms with Crippen LogP contribution in [0.4, 0.5) is 0 Å². The van der Waals surface area contributed by atoms with Crippen LogP contribution in [-0.2, 0) is 34.5 Å². The van der Waals surface area contributed by atoms with Crippen molar-refractivity contribution in [1.82, 2.24) is 4.72 Å². The van der Waals surface area contributed by atoms with Crippen LogP contribution in [0.15, 0.2) is 54.6 Å². The van der Waals surface area contributed by atoms with Crippen molar-refractivity contribution in [3.8, 4) is 0 Å². The number of rotatable bonds is 10. The van der Waals surface area contributed by atoms with Crippen molar-refractivity contribution in [2.75, 3.05) is 5.75 Å². The highest BCUT2D eigenvalue weighted by atomic mass is 32.2. The second-order valence-corrected chi connectivity index (χ2v) is 7.71. The van der Waals surface area contributed by atoms with Crippen LogP contribution in [0.5, 0.6) is 0 Å². The quantitative estimate of drug-likeness (QED) is 0.714. The van der Waals surface area contributed by atoms with Crippen LogP contribution in [0, 0.1) is 0 Å². The molecule has 0 aliphatic rings. The Morgan fingerprint density at radius 2 is 1.46 bits per heavy atom. The molecule has 0 aliphatic heterocycles. The van der Waals surface area contributed by atoms with Gasteiger partial charge in [-0.3, -0.25) is 0 Å². The Morgan fingerprint density at radius 3 is 2.08 bits per heavy atom. The molecule has 130 valence electrons. The van der Waals surface area contributed by atoms with E-state index in [2.05, 4.69) is 4.72 Å². The molecule has 0 saturated carbocycles. The Hall–Kier alpha value is -1.69. The minimum Gasteiger partial charge on any atom is -0.372 e. The fraction of sp³-hybridized carbons (Fsp3) is 0.368. The predicted octanol–water partition coefficient (Wildman–Crippen LogP) is 3.62. The molecule has 24 heavy (non-hydrogen) atoms. The Morgan fingerprint density at radius 1 is 0.875 bits per heavy atom. The molecule has 0 atom stereocenters. The summed E-state index contributed by atoms with van der Waals surface area (Å²) in [4.78, 5) is 0. The molecule has 0 saturated heterocycles. The van der Waals surface area contributed by atoms with Crippen LogP contribution in [0.3, 0.4) is 0 Å². The largest absolute Gasteiger partial charge is 0.372 e. The van der Waals surface area contributed by atoms with Crippen molar-refractivity contribution in [2.24, 2.45) is 0 Å². The molecule has 0 unspecified atom stereocenters. The molecule has 2 aromatic carbocycles. The third-order valence-electron chi connectivity index (χ3n) is 3.67. The van der Waals surface area contributed by atoms with Crippen LogP contribution >= 0.6 is 0 Å². The number of hydrogen-bond donors (Lipinski definition) is 1. The second kappa shape index (κ2) is 9.57. The zero-order valence-corrected chi connectivity index (χ0v) is 14.9. The van der Waals surface area contributed by atoms with E-state index >= 15 is 0 Å². The highest BCUT2D eigenvalue weighted by Gasteiger charge is 2.08. The van der Waals surface area contributed by atoms with E-state index in [1.165, 1.54) is 0 Å². The van der Waals surface area contributed by atoms with Crippen LogP contribution in [0.25, 0.3) is 0 Å². The van der Waals surface area contributed by atoms with Gasteiger partial charge in [0.05, 0.1) is 19.0 Å². The molecule has 0 radical (unpaired) electrons. The number of benzene rings is 2. The van der Waals surface area contributed by atoms with Gasteiger partial charge in [-0.25, -0.2) is 13.1 Å². The number of hydrogen-bond acceptors (Lipinski definition) is 3. The van der Waals surface area contributed by atoms with Crippen molar-refractivity contribution >= 4 is 10.0 Å². The summed E-state index contributed by atoms with van der Waals surface area (Å²) in [6.45, 7) is 3.43. The van der Waals surface area contributed by atoms with Gasteiger partial charge in [-0.2, -0.15) is 0 Å². The molecule has 0 spiro atoms. The van der Waals surface area contributed by atoms with E-state index in [1.54, 1.807) is 0 Å². The predicted molar refractivity (Wildman–Crippen MR) is 96.9 cm³/mol. The fourth-order valence-electron chi connectivity index (χ4n) is 2.21. The Balaban J connectivity index is 1.76. The summed E-state index contributed by atoms with van der Waals surface area (Å²) < 4.78 is 31.9. The van der Waals surface area contributed by atoms with Crippen LogP contribution < -0.4 is 4.72 Å². The van der Waals surface area contributed by atoms with Crippen LogP contribution in [0.2, 0.25) is 0 Å². The molecule has 2 rings (SSSR count). The van der Waals surface area contributed by atoms with Crippen molar-refractivity contribution in [1.29, 1.82) is 0 Å². The normalized spacial score (nSPS) is 11.5. The van der Waals surface area contributed by atoms with E-state index in [-0.39, 0.29) is 5.75 Å². The third-order valence-corrected chi connectivity index (χ3v) is 5.08. The zero-order chi connectivity index (χ0) is 17.3. The molecule has 1 N–H and O–H groups in total. The Bertz CT molecular complexity index is 697. The lowest BCUT2D eigenvalue weighted by atomic mass is 10.1. The molecule has 2 aromatic rings. The molecule has 0 aliphatic carbocycles. The Kier molecular flexibility index (Phi) is 7.43. The number of sulfonamides is 1. The summed E-state index contributed by atoms with van der Waals surface area (Å²) in [6, 6.07) is 17.9. The van der Waals surface area contributed by atoms with E-state index in [0.29, 0.717) is 26.2 Å². The fourth-order valence-corrected chi connectivity index (χ4v) is 3.41. The first-order valence-corrected chi connectivity index (χ1v) is 9.91. The summed E-state index contributed by atoms with van der Waals surface area (Å²) >= 11 is 0. The monoisotopic (exact) mass is 347 g/mol. The smallest absolute Gasteiger partial charge is 0.211 e. The molecular weight excluding hydrogens is 322 g/mol. The first-order chi connectivity index (χ1) is 11.6. The molecule has 0 heterocycles. The molecule has 0 amide bonds. The summed E-state index contributed by atoms with van der Waals surface area (Å²) in [5.74, 6) is 0.189. The highest BCUT2D eigenvalue weighted by Crippen LogP contribution is 2.08. The third kappa shape index (κ3) is 6.83. The van der Waals surface area contributed by atoms with E-state index in [4.69, 9.17) is 4.74 Å². The standard InChI is InChI=1S/C19H25NO3S/c1-2-3-13-24(21,22)20-14-17-9-11-19(12-10-17)16-23-15-18-7-5-4-6-8-18/h4-12,20H,2-3,13-16H2,1H3. The minimum atomic E-state index is -3.17. The molecule has 5 heteroatoms. The van der Waals surface area contributed by atoms with Gasteiger partial charge in [0.25, 0.3) is 0 Å². The second-order valence-electron chi connectivity index (χ2n) is 5.79. The van der Waals surface area contributed by atoms with Gasteiger partial charge < -0.3 is 4.74 Å². The van der Waals surface area contributed by atoms with Crippen molar-refractivity contribution in [3.63, 3.8) is 0 Å². The molecule has 4 nitrogen and oxygen atoms in total. The van der Waals surface area contributed by atoms with E-state index in [0.717, 1.165) is 23.1 Å². The van der Waals surface area contributed by atoms with Crippen molar-refractivity contribution in [3.05, 3.63) is 71.3 Å². The lowest BCUT2D eigenvalue weighted by Gasteiger charge is -2.08. The SMILES string of the molecule is CCCCS(=O)(=O)NCc1ccc(COCc2ccccc2)cc1. The first-order valence-electron chi connectivity index (χ1n) is 8.26.